The smallest absolute Gasteiger partial charge is 0.193 e. The lowest BCUT2D eigenvalue weighted by Gasteiger charge is -2.34. The van der Waals surface area contributed by atoms with E-state index in [1.54, 1.807) is 6.20 Å². The standard InChI is InChI=1S/C19H24N4O2/c1-13-18(15(3)24)14(2)21-19(13)16(25)12-22-8-10-23(11-9-22)17-6-4-5-7-20-17/h4-7,21H,8-12H2,1-3H3. The highest BCUT2D eigenvalue weighted by Gasteiger charge is 2.24. The van der Waals surface area contributed by atoms with Crippen LogP contribution in [0.1, 0.15) is 39.0 Å². The molecule has 1 fully saturated rings. The number of ketones is 2. The van der Waals surface area contributed by atoms with Gasteiger partial charge in [-0.15, -0.1) is 0 Å². The molecule has 0 unspecified atom stereocenters. The number of anilines is 1. The Balaban J connectivity index is 1.62. The van der Waals surface area contributed by atoms with Gasteiger partial charge in [-0.05, 0) is 38.5 Å². The largest absolute Gasteiger partial charge is 0.355 e. The van der Waals surface area contributed by atoms with Crippen LogP contribution >= 0.6 is 0 Å². The third-order valence-electron chi connectivity index (χ3n) is 4.78. The Morgan fingerprint density at radius 2 is 1.88 bits per heavy atom. The lowest BCUT2D eigenvalue weighted by molar-refractivity contribution is 0.0921. The molecule has 132 valence electrons. The minimum Gasteiger partial charge on any atom is -0.355 e. The number of pyridine rings is 1. The SMILES string of the molecule is CC(=O)c1c(C)[nH]c(C(=O)CN2CCN(c3ccccn3)CC2)c1C. The first-order chi connectivity index (χ1) is 12.0. The van der Waals surface area contributed by atoms with Crippen LogP contribution < -0.4 is 4.90 Å². The maximum atomic E-state index is 12.7. The number of carbonyl (C=O) groups excluding carboxylic acids is 2. The molecule has 0 aliphatic carbocycles. The number of H-pyrrole nitrogens is 1. The maximum absolute atomic E-state index is 12.7. The van der Waals surface area contributed by atoms with Crippen molar-refractivity contribution in [2.45, 2.75) is 20.8 Å². The number of hydrogen-bond acceptors (Lipinski definition) is 5. The number of Topliss-reactive ketones (excluding diaryl/α,β-unsaturated/α-hetero) is 2. The predicted octanol–water partition coefficient (Wildman–Crippen LogP) is 2.23. The van der Waals surface area contributed by atoms with E-state index in [4.69, 9.17) is 0 Å². The quantitative estimate of drug-likeness (QED) is 0.846. The van der Waals surface area contributed by atoms with E-state index in [9.17, 15) is 9.59 Å². The van der Waals surface area contributed by atoms with Crippen LogP contribution in [0.15, 0.2) is 24.4 Å². The molecule has 6 nitrogen and oxygen atoms in total. The summed E-state index contributed by atoms with van der Waals surface area (Å²) in [5.41, 5.74) is 2.74. The molecule has 0 radical (unpaired) electrons. The summed E-state index contributed by atoms with van der Waals surface area (Å²) in [7, 11) is 0. The lowest BCUT2D eigenvalue weighted by atomic mass is 10.1. The topological polar surface area (TPSA) is 69.3 Å². The van der Waals surface area contributed by atoms with Gasteiger partial charge in [-0.25, -0.2) is 4.98 Å². The van der Waals surface area contributed by atoms with E-state index in [0.29, 0.717) is 17.8 Å². The normalized spacial score (nSPS) is 15.4. The number of hydrogen-bond donors (Lipinski definition) is 1. The first kappa shape index (κ1) is 17.4. The summed E-state index contributed by atoms with van der Waals surface area (Å²) in [6.45, 7) is 8.93. The molecule has 3 rings (SSSR count). The van der Waals surface area contributed by atoms with Crippen LogP contribution in [0.4, 0.5) is 5.82 Å². The molecule has 25 heavy (non-hydrogen) atoms. The fourth-order valence-electron chi connectivity index (χ4n) is 3.51. The summed E-state index contributed by atoms with van der Waals surface area (Å²) < 4.78 is 0. The van der Waals surface area contributed by atoms with E-state index >= 15 is 0 Å². The lowest BCUT2D eigenvalue weighted by Crippen LogP contribution is -2.48. The highest BCUT2D eigenvalue weighted by Crippen LogP contribution is 2.20. The summed E-state index contributed by atoms with van der Waals surface area (Å²) in [6.07, 6.45) is 1.80. The summed E-state index contributed by atoms with van der Waals surface area (Å²) in [5, 5.41) is 0. The Bertz CT molecular complexity index is 774. The van der Waals surface area contributed by atoms with Crippen molar-refractivity contribution < 1.29 is 9.59 Å². The van der Waals surface area contributed by atoms with Gasteiger partial charge >= 0.3 is 0 Å². The van der Waals surface area contributed by atoms with E-state index in [1.165, 1.54) is 6.92 Å². The van der Waals surface area contributed by atoms with E-state index in [-0.39, 0.29) is 11.6 Å². The molecular formula is C19H24N4O2. The van der Waals surface area contributed by atoms with Gasteiger partial charge in [0.1, 0.15) is 5.82 Å². The number of aromatic amines is 1. The van der Waals surface area contributed by atoms with Crippen molar-refractivity contribution in [3.8, 4) is 0 Å². The van der Waals surface area contributed by atoms with Gasteiger partial charge < -0.3 is 9.88 Å². The minimum atomic E-state index is -0.00530. The first-order valence-corrected chi connectivity index (χ1v) is 8.59. The molecule has 1 aliphatic heterocycles. The highest BCUT2D eigenvalue weighted by molar-refractivity contribution is 6.03. The molecule has 3 heterocycles. The number of rotatable bonds is 5. The summed E-state index contributed by atoms with van der Waals surface area (Å²) >= 11 is 0. The van der Waals surface area contributed by atoms with Gasteiger partial charge in [-0.2, -0.15) is 0 Å². The second-order valence-corrected chi connectivity index (χ2v) is 6.56. The molecule has 0 spiro atoms. The molecule has 1 saturated heterocycles. The molecule has 2 aromatic rings. The predicted molar refractivity (Wildman–Crippen MR) is 97.5 cm³/mol. The van der Waals surface area contributed by atoms with Crippen molar-refractivity contribution in [2.75, 3.05) is 37.6 Å². The van der Waals surface area contributed by atoms with Crippen LogP contribution in [0.3, 0.4) is 0 Å². The Morgan fingerprint density at radius 3 is 2.44 bits per heavy atom. The number of nitrogens with zero attached hydrogens (tertiary/aromatic N) is 3. The Morgan fingerprint density at radius 1 is 1.16 bits per heavy atom. The van der Waals surface area contributed by atoms with Crippen LogP contribution in [0, 0.1) is 13.8 Å². The fraction of sp³-hybridized carbons (Fsp3) is 0.421. The van der Waals surface area contributed by atoms with Crippen LogP contribution in [0.25, 0.3) is 0 Å². The monoisotopic (exact) mass is 340 g/mol. The van der Waals surface area contributed by atoms with Crippen molar-refractivity contribution in [3.05, 3.63) is 46.9 Å². The van der Waals surface area contributed by atoms with Gasteiger partial charge in [0.25, 0.3) is 0 Å². The van der Waals surface area contributed by atoms with E-state index < -0.39 is 0 Å². The van der Waals surface area contributed by atoms with Crippen molar-refractivity contribution in [3.63, 3.8) is 0 Å². The van der Waals surface area contributed by atoms with E-state index in [0.717, 1.165) is 43.3 Å². The zero-order valence-corrected chi connectivity index (χ0v) is 15.0. The molecule has 0 bridgehead atoms. The molecule has 6 heteroatoms. The molecule has 1 N–H and O–H groups in total. The van der Waals surface area contributed by atoms with Crippen LogP contribution in [-0.2, 0) is 0 Å². The number of aromatic nitrogens is 2. The van der Waals surface area contributed by atoms with E-state index in [1.807, 2.05) is 32.0 Å². The van der Waals surface area contributed by atoms with Gasteiger partial charge in [0.2, 0.25) is 0 Å². The third-order valence-corrected chi connectivity index (χ3v) is 4.78. The minimum absolute atomic E-state index is 0.00530. The maximum Gasteiger partial charge on any atom is 0.193 e. The molecule has 0 amide bonds. The van der Waals surface area contributed by atoms with Gasteiger partial charge in [-0.3, -0.25) is 14.5 Å². The van der Waals surface area contributed by atoms with Gasteiger partial charge in [-0.1, -0.05) is 6.07 Å². The average molecular weight is 340 g/mol. The molecular weight excluding hydrogens is 316 g/mol. The summed E-state index contributed by atoms with van der Waals surface area (Å²) in [5.74, 6) is 1.02. The number of nitrogens with one attached hydrogen (secondary N) is 1. The Hall–Kier alpha value is -2.47. The van der Waals surface area contributed by atoms with Crippen molar-refractivity contribution in [1.29, 1.82) is 0 Å². The van der Waals surface area contributed by atoms with Gasteiger partial charge in [0.05, 0.1) is 12.2 Å². The fourth-order valence-corrected chi connectivity index (χ4v) is 3.51. The summed E-state index contributed by atoms with van der Waals surface area (Å²) in [4.78, 5) is 36.3. The number of carbonyl (C=O) groups is 2. The van der Waals surface area contributed by atoms with E-state index in [2.05, 4.69) is 19.8 Å². The molecule has 0 saturated carbocycles. The zero-order chi connectivity index (χ0) is 18.0. The highest BCUT2D eigenvalue weighted by atomic mass is 16.1. The van der Waals surface area contributed by atoms with Gasteiger partial charge in [0.15, 0.2) is 11.6 Å². The van der Waals surface area contributed by atoms with Crippen molar-refractivity contribution >= 4 is 17.4 Å². The number of piperazine rings is 1. The zero-order valence-electron chi connectivity index (χ0n) is 15.0. The van der Waals surface area contributed by atoms with Crippen LogP contribution in [0.5, 0.6) is 0 Å². The number of aryl methyl sites for hydroxylation is 1. The van der Waals surface area contributed by atoms with Crippen molar-refractivity contribution in [1.82, 2.24) is 14.9 Å². The molecule has 1 aliphatic rings. The Kier molecular flexibility index (Phi) is 4.99. The summed E-state index contributed by atoms with van der Waals surface area (Å²) in [6, 6.07) is 5.91. The molecule has 0 aromatic carbocycles. The van der Waals surface area contributed by atoms with Crippen LogP contribution in [0.2, 0.25) is 0 Å². The second-order valence-electron chi connectivity index (χ2n) is 6.56. The van der Waals surface area contributed by atoms with Crippen molar-refractivity contribution in [2.24, 2.45) is 0 Å². The molecule has 0 atom stereocenters. The Labute approximate surface area is 147 Å². The van der Waals surface area contributed by atoms with Gasteiger partial charge in [0, 0.05) is 43.6 Å². The molecule has 2 aromatic heterocycles. The third kappa shape index (κ3) is 3.64. The average Bonchev–Trinajstić information content (AvgIpc) is 2.91. The second kappa shape index (κ2) is 7.19. The van der Waals surface area contributed by atoms with Crippen LogP contribution in [-0.4, -0.2) is 59.2 Å². The first-order valence-electron chi connectivity index (χ1n) is 8.59.